The quantitative estimate of drug-likeness (QED) is 0.783. The molecule has 3 rings (SSSR count). The molecular weight excluding hydrogens is 370 g/mol. The molecule has 1 amide bonds. The fourth-order valence-corrected chi connectivity index (χ4v) is 4.31. The van der Waals surface area contributed by atoms with E-state index >= 15 is 0 Å². The molecule has 0 fully saturated rings. The Labute approximate surface area is 171 Å². The van der Waals surface area contributed by atoms with Crippen LogP contribution >= 0.6 is 11.8 Å². The van der Waals surface area contributed by atoms with Gasteiger partial charge >= 0.3 is 0 Å². The molecule has 0 aliphatic carbocycles. The number of carbonyl (C=O) groups is 1. The van der Waals surface area contributed by atoms with Gasteiger partial charge in [-0.3, -0.25) is 14.2 Å². The number of rotatable bonds is 5. The standard InChI is InChI=1S/C22H29N3O2S/c1-15(10-11-16-8-6-5-7-9-16)23-20(27)17-13-25-19(26)12-18(22(2,3)4)24-21(25)28-14-17/h5-9,12,15,17H,10-11,13-14H2,1-4H3,(H,23,27)/t15-,17-/m1/s1. The number of carbonyl (C=O) groups excluding carboxylic acids is 1. The van der Waals surface area contributed by atoms with Crippen molar-refractivity contribution in [2.24, 2.45) is 5.92 Å². The number of nitrogens with one attached hydrogen (secondary N) is 1. The molecule has 1 aromatic carbocycles. The van der Waals surface area contributed by atoms with Gasteiger partial charge in [-0.05, 0) is 25.3 Å². The molecule has 0 unspecified atom stereocenters. The lowest BCUT2D eigenvalue weighted by molar-refractivity contribution is -0.125. The minimum absolute atomic E-state index is 0.0190. The fourth-order valence-electron chi connectivity index (χ4n) is 3.21. The van der Waals surface area contributed by atoms with Gasteiger partial charge in [-0.2, -0.15) is 0 Å². The molecule has 1 aliphatic rings. The number of hydrogen-bond donors (Lipinski definition) is 1. The Balaban J connectivity index is 1.60. The summed E-state index contributed by atoms with van der Waals surface area (Å²) < 4.78 is 1.64. The van der Waals surface area contributed by atoms with Crippen LogP contribution in [0, 0.1) is 5.92 Å². The van der Waals surface area contributed by atoms with Crippen molar-refractivity contribution in [1.82, 2.24) is 14.9 Å². The monoisotopic (exact) mass is 399 g/mol. The van der Waals surface area contributed by atoms with Crippen molar-refractivity contribution in [2.75, 3.05) is 5.75 Å². The van der Waals surface area contributed by atoms with E-state index in [4.69, 9.17) is 0 Å². The largest absolute Gasteiger partial charge is 0.353 e. The smallest absolute Gasteiger partial charge is 0.254 e. The van der Waals surface area contributed by atoms with Crippen LogP contribution in [0.25, 0.3) is 0 Å². The summed E-state index contributed by atoms with van der Waals surface area (Å²) in [5, 5.41) is 3.84. The van der Waals surface area contributed by atoms with E-state index < -0.39 is 0 Å². The third kappa shape index (κ3) is 5.04. The van der Waals surface area contributed by atoms with Crippen molar-refractivity contribution in [3.05, 3.63) is 58.0 Å². The first-order valence-corrected chi connectivity index (χ1v) is 10.8. The SMILES string of the molecule is C[C@H](CCc1ccccc1)NC(=O)[C@H]1CSc2nc(C(C)(C)C)cc(=O)n2C1. The average molecular weight is 400 g/mol. The maximum Gasteiger partial charge on any atom is 0.254 e. The van der Waals surface area contributed by atoms with E-state index in [0.717, 1.165) is 23.7 Å². The molecule has 0 bridgehead atoms. The van der Waals surface area contributed by atoms with Gasteiger partial charge in [-0.25, -0.2) is 4.98 Å². The molecule has 28 heavy (non-hydrogen) atoms. The Morgan fingerprint density at radius 2 is 2.04 bits per heavy atom. The zero-order chi connectivity index (χ0) is 20.3. The predicted octanol–water partition coefficient (Wildman–Crippen LogP) is 3.40. The average Bonchev–Trinajstić information content (AvgIpc) is 2.66. The number of aryl methyl sites for hydroxylation is 1. The van der Waals surface area contributed by atoms with E-state index in [-0.39, 0.29) is 28.8 Å². The maximum atomic E-state index is 12.7. The van der Waals surface area contributed by atoms with Gasteiger partial charge in [0, 0.05) is 29.8 Å². The normalized spacial score (nSPS) is 17.6. The Morgan fingerprint density at radius 1 is 1.32 bits per heavy atom. The predicted molar refractivity (Wildman–Crippen MR) is 114 cm³/mol. The van der Waals surface area contributed by atoms with Crippen LogP contribution in [0.15, 0.2) is 46.3 Å². The van der Waals surface area contributed by atoms with Gasteiger partial charge in [0.1, 0.15) is 0 Å². The van der Waals surface area contributed by atoms with Gasteiger partial charge in [-0.15, -0.1) is 0 Å². The molecule has 1 aromatic heterocycles. The summed E-state index contributed by atoms with van der Waals surface area (Å²) in [6.07, 6.45) is 1.83. The highest BCUT2D eigenvalue weighted by Gasteiger charge is 2.29. The summed E-state index contributed by atoms with van der Waals surface area (Å²) in [6, 6.07) is 12.0. The summed E-state index contributed by atoms with van der Waals surface area (Å²) in [4.78, 5) is 29.9. The Kier molecular flexibility index (Phi) is 6.28. The molecule has 2 heterocycles. The molecule has 0 spiro atoms. The maximum absolute atomic E-state index is 12.7. The first kappa shape index (κ1) is 20.6. The van der Waals surface area contributed by atoms with Crippen LogP contribution in [0.2, 0.25) is 0 Å². The van der Waals surface area contributed by atoms with Crippen LogP contribution in [0.1, 0.15) is 45.4 Å². The molecule has 150 valence electrons. The first-order valence-electron chi connectivity index (χ1n) is 9.83. The third-order valence-electron chi connectivity index (χ3n) is 5.03. The summed E-state index contributed by atoms with van der Waals surface area (Å²) in [5.41, 5.74) is 1.83. The van der Waals surface area contributed by atoms with Crippen molar-refractivity contribution in [3.8, 4) is 0 Å². The van der Waals surface area contributed by atoms with Gasteiger partial charge in [0.25, 0.3) is 5.56 Å². The topological polar surface area (TPSA) is 64.0 Å². The van der Waals surface area contributed by atoms with Crippen molar-refractivity contribution in [3.63, 3.8) is 0 Å². The van der Waals surface area contributed by atoms with Gasteiger partial charge in [-0.1, -0.05) is 62.9 Å². The van der Waals surface area contributed by atoms with Crippen LogP contribution in [-0.2, 0) is 23.2 Å². The molecule has 0 saturated heterocycles. The van der Waals surface area contributed by atoms with Crippen LogP contribution < -0.4 is 10.9 Å². The number of nitrogens with zero attached hydrogens (tertiary/aromatic N) is 2. The van der Waals surface area contributed by atoms with Gasteiger partial charge in [0.15, 0.2) is 5.16 Å². The second kappa shape index (κ2) is 8.52. The highest BCUT2D eigenvalue weighted by atomic mass is 32.2. The van der Waals surface area contributed by atoms with Crippen molar-refractivity contribution in [1.29, 1.82) is 0 Å². The van der Waals surface area contributed by atoms with E-state index in [2.05, 4.69) is 22.4 Å². The van der Waals surface area contributed by atoms with Crippen molar-refractivity contribution in [2.45, 2.75) is 63.7 Å². The van der Waals surface area contributed by atoms with E-state index in [1.54, 1.807) is 10.6 Å². The molecule has 1 N–H and O–H groups in total. The van der Waals surface area contributed by atoms with E-state index in [1.165, 1.54) is 17.3 Å². The second-order valence-electron chi connectivity index (χ2n) is 8.56. The third-order valence-corrected chi connectivity index (χ3v) is 6.17. The van der Waals surface area contributed by atoms with Gasteiger partial charge in [0.2, 0.25) is 5.91 Å². The molecular formula is C22H29N3O2S. The lowest BCUT2D eigenvalue weighted by Gasteiger charge is -2.27. The van der Waals surface area contributed by atoms with Crippen molar-refractivity contribution < 1.29 is 4.79 Å². The van der Waals surface area contributed by atoms with E-state index in [9.17, 15) is 9.59 Å². The molecule has 0 saturated carbocycles. The van der Waals surface area contributed by atoms with Crippen LogP contribution in [0.3, 0.4) is 0 Å². The van der Waals surface area contributed by atoms with Crippen LogP contribution in [0.4, 0.5) is 0 Å². The first-order chi connectivity index (χ1) is 13.2. The zero-order valence-corrected chi connectivity index (χ0v) is 17.9. The molecule has 5 nitrogen and oxygen atoms in total. The number of thioether (sulfide) groups is 1. The molecule has 1 aliphatic heterocycles. The summed E-state index contributed by atoms with van der Waals surface area (Å²) >= 11 is 1.50. The molecule has 0 radical (unpaired) electrons. The lowest BCUT2D eigenvalue weighted by atomic mass is 9.92. The molecule has 2 aromatic rings. The van der Waals surface area contributed by atoms with Gasteiger partial charge in [0.05, 0.1) is 11.6 Å². The fraction of sp³-hybridized carbons (Fsp3) is 0.500. The molecule has 6 heteroatoms. The van der Waals surface area contributed by atoms with E-state index in [0.29, 0.717) is 12.3 Å². The lowest BCUT2D eigenvalue weighted by Crippen LogP contribution is -2.43. The number of amides is 1. The van der Waals surface area contributed by atoms with E-state index in [1.807, 2.05) is 45.9 Å². The molecule has 2 atom stereocenters. The summed E-state index contributed by atoms with van der Waals surface area (Å²) in [6.45, 7) is 8.58. The number of fused-ring (bicyclic) bond motifs is 1. The van der Waals surface area contributed by atoms with Crippen molar-refractivity contribution >= 4 is 17.7 Å². The highest BCUT2D eigenvalue weighted by molar-refractivity contribution is 7.99. The minimum atomic E-state index is -0.211. The second-order valence-corrected chi connectivity index (χ2v) is 9.55. The van der Waals surface area contributed by atoms with Crippen LogP contribution in [0.5, 0.6) is 0 Å². The number of aromatic nitrogens is 2. The van der Waals surface area contributed by atoms with Crippen LogP contribution in [-0.4, -0.2) is 27.3 Å². The number of hydrogen-bond acceptors (Lipinski definition) is 4. The Bertz CT molecular complexity index is 887. The Morgan fingerprint density at radius 3 is 2.71 bits per heavy atom. The minimum Gasteiger partial charge on any atom is -0.353 e. The summed E-state index contributed by atoms with van der Waals surface area (Å²) in [7, 11) is 0. The highest BCUT2D eigenvalue weighted by Crippen LogP contribution is 2.28. The number of benzene rings is 1. The zero-order valence-electron chi connectivity index (χ0n) is 17.1. The Hall–Kier alpha value is -2.08. The summed E-state index contributed by atoms with van der Waals surface area (Å²) in [5.74, 6) is 0.458. The van der Waals surface area contributed by atoms with Gasteiger partial charge < -0.3 is 5.32 Å².